The number of likely N-dealkylation sites (N-methyl/N-ethyl adjacent to an activating group) is 1. The van der Waals surface area contributed by atoms with E-state index in [0.29, 0.717) is 17.8 Å². The normalized spacial score (nSPS) is 9.82. The van der Waals surface area contributed by atoms with Gasteiger partial charge in [0.25, 0.3) is 0 Å². The third-order valence-electron chi connectivity index (χ3n) is 2.99. The molecule has 7 heteroatoms. The minimum atomic E-state index is -0.475. The van der Waals surface area contributed by atoms with Crippen LogP contribution >= 0.6 is 0 Å². The molecule has 7 nitrogen and oxygen atoms in total. The van der Waals surface area contributed by atoms with E-state index in [9.17, 15) is 14.4 Å². The first-order valence-corrected chi connectivity index (χ1v) is 6.99. The third kappa shape index (κ3) is 5.43. The fourth-order valence-corrected chi connectivity index (χ4v) is 1.56. The zero-order chi connectivity index (χ0) is 16.7. The van der Waals surface area contributed by atoms with Crippen molar-refractivity contribution < 1.29 is 14.4 Å². The third-order valence-corrected chi connectivity index (χ3v) is 2.99. The molecule has 0 saturated carbocycles. The molecule has 0 aliphatic rings. The van der Waals surface area contributed by atoms with Crippen LogP contribution in [0, 0.1) is 6.92 Å². The van der Waals surface area contributed by atoms with Crippen molar-refractivity contribution in [3.05, 3.63) is 23.8 Å². The predicted molar refractivity (Wildman–Crippen MR) is 85.8 cm³/mol. The molecule has 1 aromatic carbocycles. The van der Waals surface area contributed by atoms with Gasteiger partial charge in [0.2, 0.25) is 11.8 Å². The van der Waals surface area contributed by atoms with Gasteiger partial charge in [0, 0.05) is 31.9 Å². The summed E-state index contributed by atoms with van der Waals surface area (Å²) in [6, 6.07) is 4.76. The molecule has 0 heterocycles. The zero-order valence-corrected chi connectivity index (χ0v) is 13.3. The van der Waals surface area contributed by atoms with Crippen molar-refractivity contribution in [3.63, 3.8) is 0 Å². The van der Waals surface area contributed by atoms with E-state index >= 15 is 0 Å². The van der Waals surface area contributed by atoms with Crippen LogP contribution < -0.4 is 16.0 Å². The molecule has 0 aliphatic carbocycles. The van der Waals surface area contributed by atoms with Crippen LogP contribution in [0.5, 0.6) is 0 Å². The highest BCUT2D eigenvalue weighted by atomic mass is 16.2. The van der Waals surface area contributed by atoms with Gasteiger partial charge in [-0.1, -0.05) is 13.0 Å². The van der Waals surface area contributed by atoms with E-state index in [-0.39, 0.29) is 18.4 Å². The van der Waals surface area contributed by atoms with Gasteiger partial charge in [-0.3, -0.25) is 9.59 Å². The maximum atomic E-state index is 11.8. The Morgan fingerprint density at radius 2 is 1.82 bits per heavy atom. The van der Waals surface area contributed by atoms with Crippen LogP contribution in [0.15, 0.2) is 18.2 Å². The van der Waals surface area contributed by atoms with E-state index in [1.165, 1.54) is 4.90 Å². The second-order valence-corrected chi connectivity index (χ2v) is 5.03. The monoisotopic (exact) mass is 306 g/mol. The standard InChI is InChI=1S/C15H22N4O3/c1-5-13(20)17-11-7-6-10(2)12(8-11)18-15(22)16-9-14(21)19(3)4/h6-8H,5,9H2,1-4H3,(H,17,20)(H2,16,18,22). The second-order valence-electron chi connectivity index (χ2n) is 5.03. The van der Waals surface area contributed by atoms with Crippen molar-refractivity contribution in [3.8, 4) is 0 Å². The van der Waals surface area contributed by atoms with Gasteiger partial charge in [0.1, 0.15) is 0 Å². The van der Waals surface area contributed by atoms with E-state index in [2.05, 4.69) is 16.0 Å². The first kappa shape index (κ1) is 17.5. The first-order chi connectivity index (χ1) is 10.3. The van der Waals surface area contributed by atoms with Crippen LogP contribution in [-0.4, -0.2) is 43.4 Å². The summed E-state index contributed by atoms with van der Waals surface area (Å²) in [5, 5.41) is 7.87. The highest BCUT2D eigenvalue weighted by molar-refractivity contribution is 5.95. The van der Waals surface area contributed by atoms with Crippen LogP contribution in [0.3, 0.4) is 0 Å². The van der Waals surface area contributed by atoms with Crippen molar-refractivity contribution in [1.29, 1.82) is 0 Å². The number of rotatable bonds is 5. The maximum Gasteiger partial charge on any atom is 0.319 e. The molecule has 0 atom stereocenters. The Kier molecular flexibility index (Phi) is 6.37. The molecule has 22 heavy (non-hydrogen) atoms. The Morgan fingerprint density at radius 1 is 1.14 bits per heavy atom. The van der Waals surface area contributed by atoms with Gasteiger partial charge in [-0.2, -0.15) is 0 Å². The molecule has 0 spiro atoms. The number of aryl methyl sites for hydroxylation is 1. The number of urea groups is 1. The largest absolute Gasteiger partial charge is 0.347 e. The number of carbonyl (C=O) groups is 3. The van der Waals surface area contributed by atoms with Crippen LogP contribution in [0.25, 0.3) is 0 Å². The molecule has 3 N–H and O–H groups in total. The van der Waals surface area contributed by atoms with Crippen LogP contribution in [0.2, 0.25) is 0 Å². The first-order valence-electron chi connectivity index (χ1n) is 6.99. The average Bonchev–Trinajstić information content (AvgIpc) is 2.47. The predicted octanol–water partition coefficient (Wildman–Crippen LogP) is 1.55. The zero-order valence-electron chi connectivity index (χ0n) is 13.3. The number of carbonyl (C=O) groups excluding carboxylic acids is 3. The molecule has 0 unspecified atom stereocenters. The van der Waals surface area contributed by atoms with Gasteiger partial charge in [0.15, 0.2) is 0 Å². The number of amides is 4. The molecule has 0 radical (unpaired) electrons. The SMILES string of the molecule is CCC(=O)Nc1ccc(C)c(NC(=O)NCC(=O)N(C)C)c1. The van der Waals surface area contributed by atoms with Crippen LogP contribution in [-0.2, 0) is 9.59 Å². The summed E-state index contributed by atoms with van der Waals surface area (Å²) < 4.78 is 0. The molecule has 120 valence electrons. The summed E-state index contributed by atoms with van der Waals surface area (Å²) in [5.41, 5.74) is 2.03. The van der Waals surface area contributed by atoms with Gasteiger partial charge < -0.3 is 20.9 Å². The molecular weight excluding hydrogens is 284 g/mol. The molecule has 0 aliphatic heterocycles. The van der Waals surface area contributed by atoms with Gasteiger partial charge in [0.05, 0.1) is 6.54 Å². The fraction of sp³-hybridized carbons (Fsp3) is 0.400. The number of nitrogens with zero attached hydrogens (tertiary/aromatic N) is 1. The molecule has 0 fully saturated rings. The number of anilines is 2. The molecular formula is C15H22N4O3. The van der Waals surface area contributed by atoms with Gasteiger partial charge in [-0.15, -0.1) is 0 Å². The van der Waals surface area contributed by atoms with Gasteiger partial charge >= 0.3 is 6.03 Å². The molecule has 0 saturated heterocycles. The summed E-state index contributed by atoms with van der Waals surface area (Å²) in [7, 11) is 3.23. The van der Waals surface area contributed by atoms with Crippen LogP contribution in [0.1, 0.15) is 18.9 Å². The molecule has 1 rings (SSSR count). The van der Waals surface area contributed by atoms with Crippen molar-refractivity contribution in [1.82, 2.24) is 10.2 Å². The Balaban J connectivity index is 2.67. The summed E-state index contributed by atoms with van der Waals surface area (Å²) in [6.07, 6.45) is 0.379. The smallest absolute Gasteiger partial charge is 0.319 e. The summed E-state index contributed by atoms with van der Waals surface area (Å²) in [4.78, 5) is 36.0. The quantitative estimate of drug-likeness (QED) is 0.771. The molecule has 0 bridgehead atoms. The van der Waals surface area contributed by atoms with E-state index in [4.69, 9.17) is 0 Å². The fourth-order valence-electron chi connectivity index (χ4n) is 1.56. The molecule has 0 aromatic heterocycles. The molecule has 4 amide bonds. The molecule has 1 aromatic rings. The lowest BCUT2D eigenvalue weighted by atomic mass is 10.2. The number of benzene rings is 1. The lowest BCUT2D eigenvalue weighted by Crippen LogP contribution is -2.38. The van der Waals surface area contributed by atoms with Crippen molar-refractivity contribution in [2.45, 2.75) is 20.3 Å². The van der Waals surface area contributed by atoms with Gasteiger partial charge in [-0.25, -0.2) is 4.79 Å². The van der Waals surface area contributed by atoms with E-state index in [1.807, 2.05) is 6.92 Å². The Hall–Kier alpha value is -2.57. The Labute approximate surface area is 130 Å². The average molecular weight is 306 g/mol. The van der Waals surface area contributed by atoms with Crippen molar-refractivity contribution in [2.24, 2.45) is 0 Å². The maximum absolute atomic E-state index is 11.8. The van der Waals surface area contributed by atoms with Crippen molar-refractivity contribution >= 4 is 29.2 Å². The van der Waals surface area contributed by atoms with E-state index < -0.39 is 6.03 Å². The van der Waals surface area contributed by atoms with E-state index in [0.717, 1.165) is 5.56 Å². The highest BCUT2D eigenvalue weighted by Crippen LogP contribution is 2.20. The van der Waals surface area contributed by atoms with Gasteiger partial charge in [-0.05, 0) is 24.6 Å². The minimum Gasteiger partial charge on any atom is -0.347 e. The summed E-state index contributed by atoms with van der Waals surface area (Å²) in [5.74, 6) is -0.299. The number of hydrogen-bond acceptors (Lipinski definition) is 3. The van der Waals surface area contributed by atoms with Crippen molar-refractivity contribution in [2.75, 3.05) is 31.3 Å². The lowest BCUT2D eigenvalue weighted by molar-refractivity contribution is -0.127. The van der Waals surface area contributed by atoms with Crippen LogP contribution in [0.4, 0.5) is 16.2 Å². The Bertz CT molecular complexity index is 570. The summed E-state index contributed by atoms with van der Waals surface area (Å²) in [6.45, 7) is 3.52. The Morgan fingerprint density at radius 3 is 2.41 bits per heavy atom. The minimum absolute atomic E-state index is 0.0792. The lowest BCUT2D eigenvalue weighted by Gasteiger charge is -2.13. The van der Waals surface area contributed by atoms with E-state index in [1.54, 1.807) is 39.2 Å². The second kappa shape index (κ2) is 8.02. The number of nitrogens with one attached hydrogen (secondary N) is 3. The topological polar surface area (TPSA) is 90.5 Å². The highest BCUT2D eigenvalue weighted by Gasteiger charge is 2.09. The number of hydrogen-bond donors (Lipinski definition) is 3. The summed E-state index contributed by atoms with van der Waals surface area (Å²) >= 11 is 0.